The van der Waals surface area contributed by atoms with Crippen molar-refractivity contribution in [2.24, 2.45) is 0 Å². The van der Waals surface area contributed by atoms with Crippen molar-refractivity contribution < 1.29 is 4.39 Å². The van der Waals surface area contributed by atoms with Crippen LogP contribution in [0.25, 0.3) is 0 Å². The first kappa shape index (κ1) is 14.1. The average molecular weight is 279 g/mol. The minimum absolute atomic E-state index is 0.0965. The van der Waals surface area contributed by atoms with Crippen LogP contribution >= 0.6 is 11.7 Å². The first-order valence-corrected chi connectivity index (χ1v) is 7.19. The second kappa shape index (κ2) is 6.73. The summed E-state index contributed by atoms with van der Waals surface area (Å²) in [6.45, 7) is 5.04. The van der Waals surface area contributed by atoms with Gasteiger partial charge in [0.2, 0.25) is 0 Å². The second-order valence-electron chi connectivity index (χ2n) is 4.61. The highest BCUT2D eigenvalue weighted by Gasteiger charge is 2.15. The molecule has 0 saturated heterocycles. The van der Waals surface area contributed by atoms with Gasteiger partial charge in [-0.1, -0.05) is 13.0 Å². The fourth-order valence-corrected chi connectivity index (χ4v) is 2.48. The first-order chi connectivity index (χ1) is 9.20. The molecule has 1 heterocycles. The first-order valence-electron chi connectivity index (χ1n) is 6.46. The van der Waals surface area contributed by atoms with E-state index in [-0.39, 0.29) is 11.9 Å². The number of nitrogens with zero attached hydrogens (tertiary/aromatic N) is 2. The molecule has 0 radical (unpaired) electrons. The van der Waals surface area contributed by atoms with Crippen LogP contribution in [0.1, 0.15) is 36.2 Å². The SMILES string of the molecule is CCCNC(Cc1cc(F)ccc1C)c1cnsn1. The Kier molecular flexibility index (Phi) is 4.99. The highest BCUT2D eigenvalue weighted by molar-refractivity contribution is 6.99. The Labute approximate surface area is 117 Å². The molecule has 102 valence electrons. The molecule has 0 amide bonds. The molecule has 0 aliphatic rings. The average Bonchev–Trinajstić information content (AvgIpc) is 2.92. The fourth-order valence-electron chi connectivity index (χ4n) is 2.01. The van der Waals surface area contributed by atoms with Crippen LogP contribution in [-0.2, 0) is 6.42 Å². The topological polar surface area (TPSA) is 37.8 Å². The second-order valence-corrected chi connectivity index (χ2v) is 5.17. The van der Waals surface area contributed by atoms with E-state index in [9.17, 15) is 4.39 Å². The summed E-state index contributed by atoms with van der Waals surface area (Å²) in [6, 6.07) is 5.02. The molecule has 1 N–H and O–H groups in total. The van der Waals surface area contributed by atoms with Crippen LogP contribution in [0.5, 0.6) is 0 Å². The molecule has 3 nitrogen and oxygen atoms in total. The van der Waals surface area contributed by atoms with E-state index in [1.165, 1.54) is 17.8 Å². The maximum atomic E-state index is 13.3. The third-order valence-electron chi connectivity index (χ3n) is 3.11. The van der Waals surface area contributed by atoms with Crippen LogP contribution in [0.2, 0.25) is 0 Å². The highest BCUT2D eigenvalue weighted by Crippen LogP contribution is 2.20. The van der Waals surface area contributed by atoms with Crippen LogP contribution in [0.15, 0.2) is 24.4 Å². The molecule has 0 bridgehead atoms. The van der Waals surface area contributed by atoms with E-state index < -0.39 is 0 Å². The van der Waals surface area contributed by atoms with Gasteiger partial charge in [-0.2, -0.15) is 8.75 Å². The molecule has 1 aromatic carbocycles. The number of benzene rings is 1. The minimum atomic E-state index is -0.189. The van der Waals surface area contributed by atoms with Crippen LogP contribution in [0.4, 0.5) is 4.39 Å². The molecular weight excluding hydrogens is 261 g/mol. The summed E-state index contributed by atoms with van der Waals surface area (Å²) in [6.07, 6.45) is 3.57. The third kappa shape index (κ3) is 3.81. The Morgan fingerprint density at radius 1 is 1.42 bits per heavy atom. The van der Waals surface area contributed by atoms with Crippen LogP contribution in [0, 0.1) is 12.7 Å². The van der Waals surface area contributed by atoms with Crippen molar-refractivity contribution >= 4 is 11.7 Å². The van der Waals surface area contributed by atoms with Crippen LogP contribution in [0.3, 0.4) is 0 Å². The Morgan fingerprint density at radius 3 is 2.95 bits per heavy atom. The minimum Gasteiger partial charge on any atom is -0.308 e. The highest BCUT2D eigenvalue weighted by atomic mass is 32.1. The van der Waals surface area contributed by atoms with Gasteiger partial charge in [0.15, 0.2) is 0 Å². The summed E-state index contributed by atoms with van der Waals surface area (Å²) in [5.41, 5.74) is 3.05. The van der Waals surface area contributed by atoms with Gasteiger partial charge >= 0.3 is 0 Å². The van der Waals surface area contributed by atoms with Gasteiger partial charge in [0, 0.05) is 0 Å². The zero-order valence-corrected chi connectivity index (χ0v) is 12.0. The fraction of sp³-hybridized carbons (Fsp3) is 0.429. The number of hydrogen-bond acceptors (Lipinski definition) is 4. The molecule has 0 spiro atoms. The van der Waals surface area contributed by atoms with E-state index in [1.54, 1.807) is 12.3 Å². The van der Waals surface area contributed by atoms with E-state index in [2.05, 4.69) is 21.0 Å². The van der Waals surface area contributed by atoms with Gasteiger partial charge in [-0.15, -0.1) is 0 Å². The van der Waals surface area contributed by atoms with Gasteiger partial charge in [-0.25, -0.2) is 4.39 Å². The molecule has 0 aliphatic heterocycles. The van der Waals surface area contributed by atoms with E-state index in [1.807, 2.05) is 13.0 Å². The summed E-state index contributed by atoms with van der Waals surface area (Å²) in [5, 5.41) is 3.45. The molecule has 0 aliphatic carbocycles. The standard InChI is InChI=1S/C14H18FN3S/c1-3-6-16-13(14-9-17-19-18-14)8-11-7-12(15)5-4-10(11)2/h4-5,7,9,13,16H,3,6,8H2,1-2H3. The summed E-state index contributed by atoms with van der Waals surface area (Å²) in [5.74, 6) is -0.189. The van der Waals surface area contributed by atoms with E-state index in [4.69, 9.17) is 0 Å². The van der Waals surface area contributed by atoms with Gasteiger partial charge in [0.05, 0.1) is 29.7 Å². The zero-order valence-electron chi connectivity index (χ0n) is 11.2. The van der Waals surface area contributed by atoms with Gasteiger partial charge in [0.1, 0.15) is 5.82 Å². The largest absolute Gasteiger partial charge is 0.308 e. The third-order valence-corrected chi connectivity index (χ3v) is 3.60. The monoisotopic (exact) mass is 279 g/mol. The van der Waals surface area contributed by atoms with Crippen molar-refractivity contribution in [3.05, 3.63) is 47.0 Å². The number of rotatable bonds is 6. The van der Waals surface area contributed by atoms with Crippen molar-refractivity contribution in [3.8, 4) is 0 Å². The Morgan fingerprint density at radius 2 is 2.26 bits per heavy atom. The summed E-state index contributed by atoms with van der Waals surface area (Å²) in [4.78, 5) is 0. The molecule has 0 saturated carbocycles. The molecule has 1 atom stereocenters. The maximum Gasteiger partial charge on any atom is 0.123 e. The molecule has 1 aromatic heterocycles. The van der Waals surface area contributed by atoms with Gasteiger partial charge < -0.3 is 5.32 Å². The van der Waals surface area contributed by atoms with Crippen molar-refractivity contribution in [3.63, 3.8) is 0 Å². The molecule has 5 heteroatoms. The van der Waals surface area contributed by atoms with E-state index >= 15 is 0 Å². The Hall–Kier alpha value is -1.33. The van der Waals surface area contributed by atoms with Crippen molar-refractivity contribution in [1.29, 1.82) is 0 Å². The molecule has 19 heavy (non-hydrogen) atoms. The summed E-state index contributed by atoms with van der Waals surface area (Å²) in [7, 11) is 0. The number of nitrogens with one attached hydrogen (secondary N) is 1. The molecule has 1 unspecified atom stereocenters. The lowest BCUT2D eigenvalue weighted by molar-refractivity contribution is 0.518. The van der Waals surface area contributed by atoms with Crippen molar-refractivity contribution in [1.82, 2.24) is 14.1 Å². The summed E-state index contributed by atoms with van der Waals surface area (Å²) < 4.78 is 21.7. The lowest BCUT2D eigenvalue weighted by atomic mass is 9.99. The van der Waals surface area contributed by atoms with E-state index in [0.717, 1.165) is 36.2 Å². The molecule has 2 aromatic rings. The summed E-state index contributed by atoms with van der Waals surface area (Å²) >= 11 is 1.21. The zero-order chi connectivity index (χ0) is 13.7. The quantitative estimate of drug-likeness (QED) is 0.882. The number of hydrogen-bond donors (Lipinski definition) is 1. The molecule has 0 fully saturated rings. The van der Waals surface area contributed by atoms with Gasteiger partial charge in [-0.3, -0.25) is 0 Å². The molecule has 2 rings (SSSR count). The van der Waals surface area contributed by atoms with E-state index in [0.29, 0.717) is 0 Å². The smallest absolute Gasteiger partial charge is 0.123 e. The Bertz CT molecular complexity index is 513. The van der Waals surface area contributed by atoms with Crippen molar-refractivity contribution in [2.45, 2.75) is 32.7 Å². The Balaban J connectivity index is 2.17. The number of aromatic nitrogens is 2. The van der Waals surface area contributed by atoms with Crippen LogP contribution < -0.4 is 5.32 Å². The van der Waals surface area contributed by atoms with Crippen molar-refractivity contribution in [2.75, 3.05) is 6.54 Å². The number of aryl methyl sites for hydroxylation is 1. The lowest BCUT2D eigenvalue weighted by Crippen LogP contribution is -2.24. The lowest BCUT2D eigenvalue weighted by Gasteiger charge is -2.17. The van der Waals surface area contributed by atoms with Gasteiger partial charge in [0.25, 0.3) is 0 Å². The van der Waals surface area contributed by atoms with Crippen LogP contribution in [-0.4, -0.2) is 15.3 Å². The normalized spacial score (nSPS) is 12.6. The number of halogens is 1. The maximum absolute atomic E-state index is 13.3. The van der Waals surface area contributed by atoms with Gasteiger partial charge in [-0.05, 0) is 49.6 Å². The predicted octanol–water partition coefficient (Wildman–Crippen LogP) is 3.27. The predicted molar refractivity (Wildman–Crippen MR) is 75.8 cm³/mol. The molecular formula is C14H18FN3S.